The lowest BCUT2D eigenvalue weighted by Gasteiger charge is -2.15. The molecule has 0 aromatic heterocycles. The van der Waals surface area contributed by atoms with Gasteiger partial charge in [0.15, 0.2) is 0 Å². The van der Waals surface area contributed by atoms with E-state index in [0.29, 0.717) is 0 Å². The maximum Gasteiger partial charge on any atom is 0.00313 e. The van der Waals surface area contributed by atoms with Crippen LogP contribution in [0.4, 0.5) is 0 Å². The summed E-state index contributed by atoms with van der Waals surface area (Å²) < 4.78 is 0. The molecule has 0 aliphatic rings. The van der Waals surface area contributed by atoms with Crippen LogP contribution in [0.3, 0.4) is 0 Å². The predicted molar refractivity (Wildman–Crippen MR) is 68.1 cm³/mol. The number of halogens is 1. The molecule has 0 saturated carbocycles. The van der Waals surface area contributed by atoms with Crippen molar-refractivity contribution in [2.45, 2.75) is 25.7 Å². The first kappa shape index (κ1) is 13.8. The predicted octanol–water partition coefficient (Wildman–Crippen LogP) is 3.24. The molecule has 3 heteroatoms. The molecule has 0 atom stereocenters. The minimum absolute atomic E-state index is 1.16. The topological polar surface area (TPSA) is 3.24 Å². The van der Waals surface area contributed by atoms with Crippen molar-refractivity contribution in [1.29, 1.82) is 0 Å². The van der Waals surface area contributed by atoms with E-state index in [2.05, 4.69) is 34.1 Å². The number of alkyl halides is 1. The Morgan fingerprint density at radius 2 is 1.77 bits per heavy atom. The van der Waals surface area contributed by atoms with E-state index in [1.165, 1.54) is 44.5 Å². The van der Waals surface area contributed by atoms with Crippen LogP contribution >= 0.6 is 27.7 Å². The van der Waals surface area contributed by atoms with Crippen LogP contribution in [-0.4, -0.2) is 42.4 Å². The second kappa shape index (κ2) is 10.9. The van der Waals surface area contributed by atoms with E-state index in [9.17, 15) is 0 Å². The fourth-order valence-corrected chi connectivity index (χ4v) is 2.06. The Hall–Kier alpha value is 0.790. The van der Waals surface area contributed by atoms with E-state index >= 15 is 0 Å². The van der Waals surface area contributed by atoms with Crippen molar-refractivity contribution in [2.24, 2.45) is 0 Å². The zero-order valence-electron chi connectivity index (χ0n) is 8.89. The summed E-state index contributed by atoms with van der Waals surface area (Å²) in [6.45, 7) is 2.52. The molecule has 0 aliphatic heterocycles. The SMILES string of the molecule is CSCCCN(C)CCCCCBr. The van der Waals surface area contributed by atoms with Crippen molar-refractivity contribution in [3.8, 4) is 0 Å². The quantitative estimate of drug-likeness (QED) is 0.466. The summed E-state index contributed by atoms with van der Waals surface area (Å²) in [5.74, 6) is 1.30. The van der Waals surface area contributed by atoms with Crippen LogP contribution in [0.15, 0.2) is 0 Å². The Bertz CT molecular complexity index is 101. The minimum atomic E-state index is 1.16. The molecular weight excluding hydrogens is 246 g/mol. The van der Waals surface area contributed by atoms with E-state index in [1.54, 1.807) is 0 Å². The molecular formula is C10H22BrNS. The molecule has 0 fully saturated rings. The second-order valence-corrected chi connectivity index (χ2v) is 5.18. The molecule has 0 aromatic carbocycles. The van der Waals surface area contributed by atoms with Gasteiger partial charge >= 0.3 is 0 Å². The van der Waals surface area contributed by atoms with Crippen LogP contribution in [0.2, 0.25) is 0 Å². The van der Waals surface area contributed by atoms with Crippen molar-refractivity contribution in [1.82, 2.24) is 4.90 Å². The molecule has 80 valence electrons. The Labute approximate surface area is 95.8 Å². The molecule has 0 radical (unpaired) electrons. The van der Waals surface area contributed by atoms with Crippen molar-refractivity contribution in [3.63, 3.8) is 0 Å². The van der Waals surface area contributed by atoms with Crippen molar-refractivity contribution < 1.29 is 0 Å². The summed E-state index contributed by atoms with van der Waals surface area (Å²) in [5, 5.41) is 1.16. The number of thioether (sulfide) groups is 1. The molecule has 0 N–H and O–H groups in total. The van der Waals surface area contributed by atoms with Gasteiger partial charge in [0.05, 0.1) is 0 Å². The number of nitrogens with zero attached hydrogens (tertiary/aromatic N) is 1. The molecule has 0 rings (SSSR count). The Morgan fingerprint density at radius 3 is 2.38 bits per heavy atom. The monoisotopic (exact) mass is 267 g/mol. The van der Waals surface area contributed by atoms with E-state index in [4.69, 9.17) is 0 Å². The van der Waals surface area contributed by atoms with Crippen molar-refractivity contribution in [3.05, 3.63) is 0 Å². The lowest BCUT2D eigenvalue weighted by atomic mass is 10.2. The van der Waals surface area contributed by atoms with E-state index in [-0.39, 0.29) is 0 Å². The molecule has 0 unspecified atom stereocenters. The summed E-state index contributed by atoms with van der Waals surface area (Å²) in [7, 11) is 2.23. The Kier molecular flexibility index (Phi) is 11.5. The summed E-state index contributed by atoms with van der Waals surface area (Å²) in [6.07, 6.45) is 7.53. The molecule has 0 aliphatic carbocycles. The van der Waals surface area contributed by atoms with Gasteiger partial charge in [-0.05, 0) is 51.4 Å². The highest BCUT2D eigenvalue weighted by Gasteiger charge is 1.96. The second-order valence-electron chi connectivity index (χ2n) is 3.40. The lowest BCUT2D eigenvalue weighted by molar-refractivity contribution is 0.327. The Morgan fingerprint density at radius 1 is 1.08 bits per heavy atom. The highest BCUT2D eigenvalue weighted by atomic mass is 79.9. The number of hydrogen-bond donors (Lipinski definition) is 0. The summed E-state index contributed by atoms with van der Waals surface area (Å²) >= 11 is 5.39. The average molecular weight is 268 g/mol. The highest BCUT2D eigenvalue weighted by molar-refractivity contribution is 9.09. The van der Waals surface area contributed by atoms with Crippen LogP contribution in [0.1, 0.15) is 25.7 Å². The summed E-state index contributed by atoms with van der Waals surface area (Å²) in [4.78, 5) is 2.45. The number of rotatable bonds is 9. The first-order chi connectivity index (χ1) is 6.31. The Balaban J connectivity index is 3.05. The van der Waals surface area contributed by atoms with Crippen LogP contribution < -0.4 is 0 Å². The van der Waals surface area contributed by atoms with Gasteiger partial charge in [-0.25, -0.2) is 0 Å². The highest BCUT2D eigenvalue weighted by Crippen LogP contribution is 2.01. The minimum Gasteiger partial charge on any atom is -0.306 e. The third-order valence-corrected chi connectivity index (χ3v) is 3.32. The van der Waals surface area contributed by atoms with Crippen molar-refractivity contribution >= 4 is 27.7 Å². The largest absolute Gasteiger partial charge is 0.306 e. The zero-order chi connectivity index (χ0) is 9.94. The first-order valence-electron chi connectivity index (χ1n) is 5.04. The van der Waals surface area contributed by atoms with Gasteiger partial charge < -0.3 is 4.90 Å². The molecule has 1 nitrogen and oxygen atoms in total. The smallest absolute Gasteiger partial charge is 0.00313 e. The fourth-order valence-electron chi connectivity index (χ4n) is 1.24. The van der Waals surface area contributed by atoms with Gasteiger partial charge in [0, 0.05) is 5.33 Å². The van der Waals surface area contributed by atoms with Gasteiger partial charge in [0.1, 0.15) is 0 Å². The number of unbranched alkanes of at least 4 members (excludes halogenated alkanes) is 2. The van der Waals surface area contributed by atoms with Gasteiger partial charge in [0.25, 0.3) is 0 Å². The van der Waals surface area contributed by atoms with Gasteiger partial charge in [-0.15, -0.1) is 0 Å². The third kappa shape index (κ3) is 10.7. The van der Waals surface area contributed by atoms with Gasteiger partial charge in [-0.2, -0.15) is 11.8 Å². The van der Waals surface area contributed by atoms with E-state index in [0.717, 1.165) is 5.33 Å². The van der Waals surface area contributed by atoms with Crippen LogP contribution in [0.25, 0.3) is 0 Å². The molecule has 13 heavy (non-hydrogen) atoms. The van der Waals surface area contributed by atoms with Gasteiger partial charge in [0.2, 0.25) is 0 Å². The van der Waals surface area contributed by atoms with Gasteiger partial charge in [-0.1, -0.05) is 22.4 Å². The number of hydrogen-bond acceptors (Lipinski definition) is 2. The van der Waals surface area contributed by atoms with Crippen LogP contribution in [0.5, 0.6) is 0 Å². The van der Waals surface area contributed by atoms with E-state index < -0.39 is 0 Å². The molecule has 0 heterocycles. The molecule has 0 spiro atoms. The van der Waals surface area contributed by atoms with Gasteiger partial charge in [-0.3, -0.25) is 0 Å². The molecule has 0 saturated heterocycles. The molecule has 0 bridgehead atoms. The lowest BCUT2D eigenvalue weighted by Crippen LogP contribution is -2.21. The summed E-state index contributed by atoms with van der Waals surface area (Å²) in [6, 6.07) is 0. The zero-order valence-corrected chi connectivity index (χ0v) is 11.3. The average Bonchev–Trinajstić information content (AvgIpc) is 2.13. The maximum atomic E-state index is 3.45. The molecule has 0 amide bonds. The van der Waals surface area contributed by atoms with Crippen LogP contribution in [-0.2, 0) is 0 Å². The first-order valence-corrected chi connectivity index (χ1v) is 7.56. The normalized spacial score (nSPS) is 11.1. The maximum absolute atomic E-state index is 3.45. The van der Waals surface area contributed by atoms with E-state index in [1.807, 2.05) is 11.8 Å². The third-order valence-electron chi connectivity index (χ3n) is 2.06. The van der Waals surface area contributed by atoms with Crippen molar-refractivity contribution in [2.75, 3.05) is 37.5 Å². The molecule has 0 aromatic rings. The standard InChI is InChI=1S/C10H22BrNS/c1-12(9-6-10-13-2)8-5-3-4-7-11/h3-10H2,1-2H3. The summed E-state index contributed by atoms with van der Waals surface area (Å²) in [5.41, 5.74) is 0. The fraction of sp³-hybridized carbons (Fsp3) is 1.00. The van der Waals surface area contributed by atoms with Crippen LogP contribution in [0, 0.1) is 0 Å².